The van der Waals surface area contributed by atoms with Crippen molar-refractivity contribution < 1.29 is 19.0 Å². The van der Waals surface area contributed by atoms with Crippen LogP contribution in [0.1, 0.15) is 11.7 Å². The summed E-state index contributed by atoms with van der Waals surface area (Å²) in [7, 11) is 1.61. The quantitative estimate of drug-likeness (QED) is 0.764. The number of nitrogens with zero attached hydrogens (tertiary/aromatic N) is 1. The minimum absolute atomic E-state index is 0.0133. The molecule has 1 aliphatic rings. The number of benzene rings is 2. The van der Waals surface area contributed by atoms with Crippen molar-refractivity contribution in [1.29, 1.82) is 0 Å². The summed E-state index contributed by atoms with van der Waals surface area (Å²) in [4.78, 5) is 14.2. The van der Waals surface area contributed by atoms with E-state index in [1.165, 1.54) is 0 Å². The maximum atomic E-state index is 12.4. The van der Waals surface area contributed by atoms with E-state index in [1.807, 2.05) is 24.3 Å². The highest BCUT2D eigenvalue weighted by Crippen LogP contribution is 2.24. The molecule has 0 radical (unpaired) electrons. The molecule has 0 aromatic heterocycles. The Kier molecular flexibility index (Phi) is 5.94. The van der Waals surface area contributed by atoms with Crippen molar-refractivity contribution in [3.05, 3.63) is 58.6 Å². The summed E-state index contributed by atoms with van der Waals surface area (Å²) in [6, 6.07) is 15.2. The van der Waals surface area contributed by atoms with E-state index in [0.717, 1.165) is 15.8 Å². The normalized spacial score (nSPS) is 17.2. The first-order valence-electron chi connectivity index (χ1n) is 8.07. The first kappa shape index (κ1) is 17.8. The van der Waals surface area contributed by atoms with Crippen LogP contribution in [0, 0.1) is 0 Å². The lowest BCUT2D eigenvalue weighted by Gasteiger charge is -2.33. The van der Waals surface area contributed by atoms with E-state index in [9.17, 15) is 4.79 Å². The molecule has 25 heavy (non-hydrogen) atoms. The smallest absolute Gasteiger partial charge is 0.260 e. The van der Waals surface area contributed by atoms with Crippen molar-refractivity contribution in [3.8, 4) is 11.5 Å². The number of carbonyl (C=O) groups is 1. The summed E-state index contributed by atoms with van der Waals surface area (Å²) >= 11 is 3.43. The summed E-state index contributed by atoms with van der Waals surface area (Å²) in [5, 5.41) is 0. The first-order chi connectivity index (χ1) is 12.2. The van der Waals surface area contributed by atoms with Crippen molar-refractivity contribution >= 4 is 21.8 Å². The topological polar surface area (TPSA) is 48.0 Å². The van der Waals surface area contributed by atoms with Gasteiger partial charge in [-0.05, 0) is 42.0 Å². The van der Waals surface area contributed by atoms with Gasteiger partial charge in [0, 0.05) is 11.0 Å². The third-order valence-electron chi connectivity index (χ3n) is 4.08. The van der Waals surface area contributed by atoms with Crippen LogP contribution in [0.15, 0.2) is 53.0 Å². The molecule has 1 saturated heterocycles. The number of amides is 1. The van der Waals surface area contributed by atoms with Gasteiger partial charge < -0.3 is 19.1 Å². The minimum Gasteiger partial charge on any atom is -0.497 e. The largest absolute Gasteiger partial charge is 0.497 e. The summed E-state index contributed by atoms with van der Waals surface area (Å²) in [6.07, 6.45) is -0.105. The van der Waals surface area contributed by atoms with Crippen LogP contribution in [0.2, 0.25) is 0 Å². The third kappa shape index (κ3) is 4.74. The van der Waals surface area contributed by atoms with Gasteiger partial charge in [0.1, 0.15) is 17.6 Å². The number of rotatable bonds is 5. The zero-order valence-electron chi connectivity index (χ0n) is 14.0. The zero-order chi connectivity index (χ0) is 17.6. The lowest BCUT2D eigenvalue weighted by molar-refractivity contribution is -0.141. The molecule has 0 spiro atoms. The average Bonchev–Trinajstić information content (AvgIpc) is 2.67. The molecule has 1 heterocycles. The van der Waals surface area contributed by atoms with Crippen LogP contribution in [-0.2, 0) is 9.53 Å². The van der Waals surface area contributed by atoms with Crippen LogP contribution in [-0.4, -0.2) is 44.2 Å². The zero-order valence-corrected chi connectivity index (χ0v) is 15.6. The van der Waals surface area contributed by atoms with Gasteiger partial charge in [-0.25, -0.2) is 0 Å². The lowest BCUT2D eigenvalue weighted by atomic mass is 10.1. The Morgan fingerprint density at radius 2 is 1.84 bits per heavy atom. The SMILES string of the molecule is COc1ccc(OCC(=O)N2CCOC(c3ccc(Br)cc3)C2)cc1. The molecule has 0 bridgehead atoms. The maximum absolute atomic E-state index is 12.4. The number of hydrogen-bond acceptors (Lipinski definition) is 4. The predicted octanol–water partition coefficient (Wildman–Crippen LogP) is 3.44. The second-order valence-electron chi connectivity index (χ2n) is 5.71. The Bertz CT molecular complexity index is 702. The number of hydrogen-bond donors (Lipinski definition) is 0. The van der Waals surface area contributed by atoms with Gasteiger partial charge in [-0.3, -0.25) is 4.79 Å². The van der Waals surface area contributed by atoms with Gasteiger partial charge in [-0.15, -0.1) is 0 Å². The van der Waals surface area contributed by atoms with E-state index in [0.29, 0.717) is 25.4 Å². The van der Waals surface area contributed by atoms with E-state index < -0.39 is 0 Å². The molecule has 1 unspecified atom stereocenters. The van der Waals surface area contributed by atoms with E-state index in [1.54, 1.807) is 36.3 Å². The Morgan fingerprint density at radius 1 is 1.16 bits per heavy atom. The van der Waals surface area contributed by atoms with E-state index in [-0.39, 0.29) is 18.6 Å². The highest BCUT2D eigenvalue weighted by molar-refractivity contribution is 9.10. The number of ether oxygens (including phenoxy) is 3. The predicted molar refractivity (Wildman–Crippen MR) is 97.9 cm³/mol. The molecule has 2 aromatic carbocycles. The molecule has 5 nitrogen and oxygen atoms in total. The number of carbonyl (C=O) groups excluding carboxylic acids is 1. The van der Waals surface area contributed by atoms with Crippen molar-refractivity contribution in [2.45, 2.75) is 6.10 Å². The molecule has 6 heteroatoms. The van der Waals surface area contributed by atoms with Gasteiger partial charge in [-0.2, -0.15) is 0 Å². The molecular formula is C19H20BrNO4. The molecular weight excluding hydrogens is 386 g/mol. The molecule has 2 aromatic rings. The molecule has 0 N–H and O–H groups in total. The summed E-state index contributed by atoms with van der Waals surface area (Å²) in [5.41, 5.74) is 1.07. The fourth-order valence-electron chi connectivity index (χ4n) is 2.66. The monoisotopic (exact) mass is 405 g/mol. The first-order valence-corrected chi connectivity index (χ1v) is 8.86. The van der Waals surface area contributed by atoms with Crippen molar-refractivity contribution in [2.75, 3.05) is 33.4 Å². The van der Waals surface area contributed by atoms with E-state index in [2.05, 4.69) is 15.9 Å². The van der Waals surface area contributed by atoms with Crippen molar-refractivity contribution in [1.82, 2.24) is 4.90 Å². The van der Waals surface area contributed by atoms with E-state index in [4.69, 9.17) is 14.2 Å². The van der Waals surface area contributed by atoms with Crippen LogP contribution in [0.3, 0.4) is 0 Å². The van der Waals surface area contributed by atoms with Gasteiger partial charge in [0.05, 0.1) is 20.3 Å². The molecule has 1 fully saturated rings. The Morgan fingerprint density at radius 3 is 2.52 bits per heavy atom. The minimum atomic E-state index is -0.105. The molecule has 0 aliphatic carbocycles. The van der Waals surface area contributed by atoms with Gasteiger partial charge in [0.25, 0.3) is 5.91 Å². The molecule has 1 amide bonds. The second-order valence-corrected chi connectivity index (χ2v) is 6.63. The second kappa shape index (κ2) is 8.36. The fourth-order valence-corrected chi connectivity index (χ4v) is 2.93. The van der Waals surface area contributed by atoms with Crippen LogP contribution >= 0.6 is 15.9 Å². The van der Waals surface area contributed by atoms with Crippen LogP contribution in [0.5, 0.6) is 11.5 Å². The highest BCUT2D eigenvalue weighted by atomic mass is 79.9. The van der Waals surface area contributed by atoms with Gasteiger partial charge in [-0.1, -0.05) is 28.1 Å². The molecule has 0 saturated carbocycles. The molecule has 1 atom stereocenters. The standard InChI is InChI=1S/C19H20BrNO4/c1-23-16-6-8-17(9-7-16)25-13-19(22)21-10-11-24-18(12-21)14-2-4-15(20)5-3-14/h2-9,18H,10-13H2,1H3. The average molecular weight is 406 g/mol. The van der Waals surface area contributed by atoms with Gasteiger partial charge in [0.15, 0.2) is 6.61 Å². The Labute approximate surface area is 155 Å². The van der Waals surface area contributed by atoms with Crippen molar-refractivity contribution in [2.24, 2.45) is 0 Å². The number of morpholine rings is 1. The number of halogens is 1. The lowest BCUT2D eigenvalue weighted by Crippen LogP contribution is -2.44. The number of methoxy groups -OCH3 is 1. The van der Waals surface area contributed by atoms with Crippen LogP contribution < -0.4 is 9.47 Å². The van der Waals surface area contributed by atoms with Crippen LogP contribution in [0.25, 0.3) is 0 Å². The summed E-state index contributed by atoms with van der Waals surface area (Å²) in [5.74, 6) is 1.36. The van der Waals surface area contributed by atoms with Gasteiger partial charge >= 0.3 is 0 Å². The third-order valence-corrected chi connectivity index (χ3v) is 4.61. The fraction of sp³-hybridized carbons (Fsp3) is 0.316. The van der Waals surface area contributed by atoms with Crippen LogP contribution in [0.4, 0.5) is 0 Å². The maximum Gasteiger partial charge on any atom is 0.260 e. The Balaban J connectivity index is 1.55. The summed E-state index contributed by atoms with van der Waals surface area (Å²) in [6.45, 7) is 1.65. The highest BCUT2D eigenvalue weighted by Gasteiger charge is 2.25. The Hall–Kier alpha value is -2.05. The molecule has 3 rings (SSSR count). The van der Waals surface area contributed by atoms with Crippen molar-refractivity contribution in [3.63, 3.8) is 0 Å². The molecule has 1 aliphatic heterocycles. The molecule has 132 valence electrons. The summed E-state index contributed by atoms with van der Waals surface area (Å²) < 4.78 is 17.5. The van der Waals surface area contributed by atoms with E-state index >= 15 is 0 Å². The van der Waals surface area contributed by atoms with Gasteiger partial charge in [0.2, 0.25) is 0 Å².